The second-order valence-corrected chi connectivity index (χ2v) is 5.63. The third-order valence-corrected chi connectivity index (χ3v) is 5.40. The topological polar surface area (TPSA) is 23.8 Å². The average molecular weight is 231 g/mol. The first-order chi connectivity index (χ1) is 7.80. The summed E-state index contributed by atoms with van der Waals surface area (Å²) in [5.41, 5.74) is 5.05. The Balaban J connectivity index is 3.66. The lowest BCUT2D eigenvalue weighted by molar-refractivity contribution is 0.195. The zero-order chi connectivity index (χ0) is 13.4. The Labute approximate surface area is 106 Å². The first-order valence-corrected chi connectivity index (χ1v) is 6.59. The van der Waals surface area contributed by atoms with Gasteiger partial charge in [-0.1, -0.05) is 26.3 Å². The molecule has 0 aromatic carbocycles. The van der Waals surface area contributed by atoms with E-state index in [4.69, 9.17) is 0 Å². The Kier molecular flexibility index (Phi) is 3.58. The standard InChI is InChI=1S/C16H25N/c1-8-14-12(4)11(3)13(5)15(6,9-2)16(14,7)10-17/h8-9H2,1-7H3. The van der Waals surface area contributed by atoms with Crippen LogP contribution in [0.2, 0.25) is 0 Å². The molecule has 0 fully saturated rings. The van der Waals surface area contributed by atoms with Gasteiger partial charge >= 0.3 is 0 Å². The summed E-state index contributed by atoms with van der Waals surface area (Å²) in [4.78, 5) is 0. The van der Waals surface area contributed by atoms with E-state index in [2.05, 4.69) is 54.5 Å². The monoisotopic (exact) mass is 231 g/mol. The highest BCUT2D eigenvalue weighted by molar-refractivity contribution is 5.50. The van der Waals surface area contributed by atoms with Crippen molar-refractivity contribution in [1.29, 1.82) is 5.26 Å². The van der Waals surface area contributed by atoms with Crippen LogP contribution in [0.15, 0.2) is 22.3 Å². The quantitative estimate of drug-likeness (QED) is 0.655. The first-order valence-electron chi connectivity index (χ1n) is 6.59. The lowest BCUT2D eigenvalue weighted by Crippen LogP contribution is -2.42. The van der Waals surface area contributed by atoms with Crippen LogP contribution in [-0.4, -0.2) is 0 Å². The molecule has 17 heavy (non-hydrogen) atoms. The molecule has 0 heterocycles. The Bertz CT molecular complexity index is 433. The highest BCUT2D eigenvalue weighted by atomic mass is 14.5. The van der Waals surface area contributed by atoms with Gasteiger partial charge in [0.1, 0.15) is 0 Å². The van der Waals surface area contributed by atoms with Crippen LogP contribution in [0.25, 0.3) is 0 Å². The van der Waals surface area contributed by atoms with Gasteiger partial charge in [-0.05, 0) is 57.3 Å². The highest BCUT2D eigenvalue weighted by Gasteiger charge is 2.50. The van der Waals surface area contributed by atoms with Crippen molar-refractivity contribution in [3.8, 4) is 6.07 Å². The lowest BCUT2D eigenvalue weighted by atomic mass is 9.53. The normalized spacial score (nSPS) is 34.0. The van der Waals surface area contributed by atoms with Crippen molar-refractivity contribution in [3.63, 3.8) is 0 Å². The molecule has 1 aliphatic carbocycles. The number of nitrogens with zero attached hydrogens (tertiary/aromatic N) is 1. The van der Waals surface area contributed by atoms with Gasteiger partial charge in [0, 0.05) is 5.41 Å². The molecule has 0 bridgehead atoms. The van der Waals surface area contributed by atoms with Crippen LogP contribution in [0.5, 0.6) is 0 Å². The van der Waals surface area contributed by atoms with Crippen LogP contribution in [0.1, 0.15) is 61.3 Å². The maximum Gasteiger partial charge on any atom is 0.0850 e. The minimum Gasteiger partial charge on any atom is -0.197 e. The molecular formula is C16H25N. The number of hydrogen-bond acceptors (Lipinski definition) is 1. The van der Waals surface area contributed by atoms with Gasteiger partial charge in [-0.3, -0.25) is 0 Å². The van der Waals surface area contributed by atoms with Crippen LogP contribution in [0.3, 0.4) is 0 Å². The second-order valence-electron chi connectivity index (χ2n) is 5.63. The molecule has 1 heteroatoms. The summed E-state index contributed by atoms with van der Waals surface area (Å²) in [5.74, 6) is 0. The van der Waals surface area contributed by atoms with Gasteiger partial charge in [-0.15, -0.1) is 0 Å². The molecule has 1 rings (SSSR count). The van der Waals surface area contributed by atoms with E-state index in [1.54, 1.807) is 0 Å². The van der Waals surface area contributed by atoms with Crippen LogP contribution >= 0.6 is 0 Å². The maximum absolute atomic E-state index is 9.73. The van der Waals surface area contributed by atoms with Crippen LogP contribution in [-0.2, 0) is 0 Å². The van der Waals surface area contributed by atoms with E-state index >= 15 is 0 Å². The van der Waals surface area contributed by atoms with Crippen molar-refractivity contribution < 1.29 is 0 Å². The Morgan fingerprint density at radius 3 is 1.94 bits per heavy atom. The maximum atomic E-state index is 9.73. The Morgan fingerprint density at radius 2 is 1.59 bits per heavy atom. The summed E-state index contributed by atoms with van der Waals surface area (Å²) >= 11 is 0. The number of hydrogen-bond donors (Lipinski definition) is 0. The van der Waals surface area contributed by atoms with E-state index in [-0.39, 0.29) is 10.8 Å². The van der Waals surface area contributed by atoms with Crippen molar-refractivity contribution in [1.82, 2.24) is 0 Å². The van der Waals surface area contributed by atoms with Gasteiger partial charge in [0.05, 0.1) is 11.5 Å². The van der Waals surface area contributed by atoms with Crippen LogP contribution < -0.4 is 0 Å². The van der Waals surface area contributed by atoms with Crippen molar-refractivity contribution in [2.24, 2.45) is 10.8 Å². The van der Waals surface area contributed by atoms with Gasteiger partial charge in [0.15, 0.2) is 0 Å². The zero-order valence-corrected chi connectivity index (χ0v) is 12.4. The smallest absolute Gasteiger partial charge is 0.0850 e. The summed E-state index contributed by atoms with van der Waals surface area (Å²) in [6.45, 7) is 15.3. The molecule has 2 atom stereocenters. The molecule has 0 amide bonds. The highest BCUT2D eigenvalue weighted by Crippen LogP contribution is 2.57. The number of rotatable bonds is 2. The minimum absolute atomic E-state index is 0.0311. The molecule has 0 spiro atoms. The average Bonchev–Trinajstić information content (AvgIpc) is 2.34. The first kappa shape index (κ1) is 14.0. The Hall–Kier alpha value is -1.03. The van der Waals surface area contributed by atoms with E-state index in [1.165, 1.54) is 22.3 Å². The number of nitriles is 1. The largest absolute Gasteiger partial charge is 0.197 e. The second kappa shape index (κ2) is 4.33. The molecule has 0 aromatic rings. The fourth-order valence-corrected chi connectivity index (χ4v) is 3.43. The molecule has 0 N–H and O–H groups in total. The summed E-state index contributed by atoms with van der Waals surface area (Å²) in [6, 6.07) is 2.61. The molecule has 1 nitrogen and oxygen atoms in total. The minimum atomic E-state index is -0.357. The lowest BCUT2D eigenvalue weighted by Gasteiger charge is -2.48. The SMILES string of the molecule is CCC1=C(C)C(C)=C(C)C(C)(CC)C1(C)C#N. The van der Waals surface area contributed by atoms with Gasteiger partial charge in [0.25, 0.3) is 0 Å². The van der Waals surface area contributed by atoms with E-state index in [1.807, 2.05) is 0 Å². The summed E-state index contributed by atoms with van der Waals surface area (Å²) < 4.78 is 0. The van der Waals surface area contributed by atoms with E-state index in [9.17, 15) is 5.26 Å². The molecule has 2 unspecified atom stereocenters. The van der Waals surface area contributed by atoms with Crippen LogP contribution in [0, 0.1) is 22.2 Å². The summed E-state index contributed by atoms with van der Waals surface area (Å²) in [5, 5.41) is 9.73. The van der Waals surface area contributed by atoms with Gasteiger partial charge < -0.3 is 0 Å². The van der Waals surface area contributed by atoms with E-state index in [0.717, 1.165) is 12.8 Å². The van der Waals surface area contributed by atoms with Gasteiger partial charge in [0.2, 0.25) is 0 Å². The van der Waals surface area contributed by atoms with Crippen molar-refractivity contribution in [2.45, 2.75) is 61.3 Å². The molecular weight excluding hydrogens is 206 g/mol. The molecule has 94 valence electrons. The fraction of sp³-hybridized carbons (Fsp3) is 0.688. The van der Waals surface area contributed by atoms with E-state index < -0.39 is 0 Å². The van der Waals surface area contributed by atoms with Crippen molar-refractivity contribution in [2.75, 3.05) is 0 Å². The molecule has 0 aromatic heterocycles. The molecule has 0 saturated carbocycles. The predicted molar refractivity (Wildman–Crippen MR) is 73.5 cm³/mol. The third kappa shape index (κ3) is 1.58. The summed E-state index contributed by atoms with van der Waals surface area (Å²) in [7, 11) is 0. The predicted octanol–water partition coefficient (Wildman–Crippen LogP) is 5.01. The third-order valence-electron chi connectivity index (χ3n) is 5.40. The molecule has 0 radical (unpaired) electrons. The van der Waals surface area contributed by atoms with Gasteiger partial charge in [-0.25, -0.2) is 0 Å². The summed E-state index contributed by atoms with van der Waals surface area (Å²) in [6.07, 6.45) is 1.98. The van der Waals surface area contributed by atoms with Crippen molar-refractivity contribution in [3.05, 3.63) is 22.3 Å². The molecule has 0 aliphatic heterocycles. The zero-order valence-electron chi connectivity index (χ0n) is 12.4. The Morgan fingerprint density at radius 1 is 1.06 bits per heavy atom. The fourth-order valence-electron chi connectivity index (χ4n) is 3.43. The number of allylic oxidation sites excluding steroid dienone is 4. The van der Waals surface area contributed by atoms with Crippen molar-refractivity contribution >= 4 is 0 Å². The molecule has 1 aliphatic rings. The van der Waals surface area contributed by atoms with Crippen LogP contribution in [0.4, 0.5) is 0 Å². The van der Waals surface area contributed by atoms with E-state index in [0.29, 0.717) is 0 Å². The van der Waals surface area contributed by atoms with Gasteiger partial charge in [-0.2, -0.15) is 5.26 Å². The molecule has 0 saturated heterocycles.